The lowest BCUT2D eigenvalue weighted by Crippen LogP contribution is -2.39. The Morgan fingerprint density at radius 2 is 1.91 bits per heavy atom. The van der Waals surface area contributed by atoms with Crippen molar-refractivity contribution in [3.8, 4) is 5.75 Å². The minimum atomic E-state index is -0.937. The average molecular weight is 450 g/mol. The van der Waals surface area contributed by atoms with Gasteiger partial charge in [-0.1, -0.05) is 32.4 Å². The van der Waals surface area contributed by atoms with Crippen LogP contribution in [0.2, 0.25) is 0 Å². The van der Waals surface area contributed by atoms with E-state index in [0.717, 1.165) is 22.4 Å². The zero-order chi connectivity index (χ0) is 23.5. The Morgan fingerprint density at radius 1 is 1.18 bits per heavy atom. The molecule has 0 unspecified atom stereocenters. The van der Waals surface area contributed by atoms with E-state index < -0.39 is 18.0 Å². The third-order valence-corrected chi connectivity index (χ3v) is 5.97. The van der Waals surface area contributed by atoms with Crippen LogP contribution in [-0.4, -0.2) is 41.0 Å². The molecule has 4 rings (SSSR count). The third-order valence-electron chi connectivity index (χ3n) is 5.97. The van der Waals surface area contributed by atoms with Gasteiger partial charge in [-0.05, 0) is 42.3 Å². The lowest BCUT2D eigenvalue weighted by Gasteiger charge is -2.23. The summed E-state index contributed by atoms with van der Waals surface area (Å²) in [5, 5.41) is 5.62. The average Bonchev–Trinajstić information content (AvgIpc) is 3.37. The molecule has 1 aromatic heterocycles. The minimum absolute atomic E-state index is 0.110. The number of hydrogen-bond acceptors (Lipinski definition) is 5. The number of carbonyl (C=O) groups is 3. The molecule has 0 aliphatic carbocycles. The quantitative estimate of drug-likeness (QED) is 0.456. The normalized spacial score (nSPS) is 17.7. The Balaban J connectivity index is 1.47. The van der Waals surface area contributed by atoms with E-state index in [9.17, 15) is 14.4 Å². The van der Waals surface area contributed by atoms with Crippen LogP contribution in [0, 0.1) is 5.92 Å². The number of amides is 4. The van der Waals surface area contributed by atoms with Gasteiger partial charge in [0.1, 0.15) is 17.6 Å². The maximum atomic E-state index is 12.9. The van der Waals surface area contributed by atoms with Crippen LogP contribution in [0.15, 0.2) is 48.5 Å². The first kappa shape index (κ1) is 22.3. The summed E-state index contributed by atoms with van der Waals surface area (Å²) in [4.78, 5) is 47.2. The van der Waals surface area contributed by atoms with Crippen molar-refractivity contribution in [1.82, 2.24) is 20.6 Å². The number of imidazole rings is 1. The topological polar surface area (TPSA) is 116 Å². The summed E-state index contributed by atoms with van der Waals surface area (Å²) in [6.07, 6.45) is 0.663. The zero-order valence-electron chi connectivity index (χ0n) is 18.8. The zero-order valence-corrected chi connectivity index (χ0v) is 18.8. The van der Waals surface area contributed by atoms with Crippen LogP contribution in [0.5, 0.6) is 5.75 Å². The van der Waals surface area contributed by atoms with Gasteiger partial charge in [0.05, 0.1) is 36.3 Å². The second-order valence-electron chi connectivity index (χ2n) is 8.15. The Morgan fingerprint density at radius 3 is 2.58 bits per heavy atom. The monoisotopic (exact) mass is 449 g/mol. The molecule has 172 valence electrons. The first-order valence-corrected chi connectivity index (χ1v) is 10.9. The van der Waals surface area contributed by atoms with Crippen molar-refractivity contribution < 1.29 is 19.1 Å². The Labute approximate surface area is 191 Å². The number of hydrogen-bond donors (Lipinski definition) is 3. The number of anilines is 1. The van der Waals surface area contributed by atoms with Crippen molar-refractivity contribution in [2.75, 3.05) is 12.0 Å². The van der Waals surface area contributed by atoms with Crippen LogP contribution >= 0.6 is 0 Å². The smallest absolute Gasteiger partial charge is 0.329 e. The fourth-order valence-electron chi connectivity index (χ4n) is 3.90. The third kappa shape index (κ3) is 4.52. The number of ether oxygens (including phenoxy) is 1. The number of aromatic amines is 1. The molecule has 33 heavy (non-hydrogen) atoms. The van der Waals surface area contributed by atoms with Gasteiger partial charge in [0, 0.05) is 0 Å². The molecule has 4 amide bonds. The van der Waals surface area contributed by atoms with E-state index in [1.807, 2.05) is 38.1 Å². The predicted molar refractivity (Wildman–Crippen MR) is 124 cm³/mol. The Kier molecular flexibility index (Phi) is 6.30. The van der Waals surface area contributed by atoms with Crippen LogP contribution in [-0.2, 0) is 9.59 Å². The molecule has 3 aromatic rings. The summed E-state index contributed by atoms with van der Waals surface area (Å²) in [7, 11) is 1.54. The molecule has 1 saturated heterocycles. The molecule has 0 radical (unpaired) electrons. The molecule has 1 aliphatic rings. The molecule has 2 aromatic carbocycles. The van der Waals surface area contributed by atoms with Gasteiger partial charge < -0.3 is 20.4 Å². The number of urea groups is 1. The fourth-order valence-corrected chi connectivity index (χ4v) is 3.90. The number of imide groups is 1. The number of para-hydroxylation sites is 2. The summed E-state index contributed by atoms with van der Waals surface area (Å²) in [5.74, 6) is 0.586. The molecule has 0 bridgehead atoms. The SMILES string of the molecule is CC[C@H](C)[C@H](NC(=O)C[C@H]1NC(=O)N(c2ccc(OC)cc2)C1=O)c1nc2ccccc2[nH]1. The Hall–Kier alpha value is -3.88. The van der Waals surface area contributed by atoms with Gasteiger partial charge in [0.15, 0.2) is 0 Å². The van der Waals surface area contributed by atoms with Gasteiger partial charge in [0.25, 0.3) is 5.91 Å². The fraction of sp³-hybridized carbons (Fsp3) is 0.333. The van der Waals surface area contributed by atoms with Gasteiger partial charge in [-0.15, -0.1) is 0 Å². The molecule has 1 aliphatic heterocycles. The van der Waals surface area contributed by atoms with Crippen molar-refractivity contribution in [3.63, 3.8) is 0 Å². The van der Waals surface area contributed by atoms with Gasteiger partial charge in [-0.2, -0.15) is 0 Å². The van der Waals surface area contributed by atoms with E-state index in [1.54, 1.807) is 24.3 Å². The highest BCUT2D eigenvalue weighted by Crippen LogP contribution is 2.26. The molecule has 1 fully saturated rings. The molecule has 2 heterocycles. The molecule has 9 heteroatoms. The number of methoxy groups -OCH3 is 1. The number of H-pyrrole nitrogens is 1. The first-order valence-electron chi connectivity index (χ1n) is 10.9. The highest BCUT2D eigenvalue weighted by molar-refractivity contribution is 6.22. The van der Waals surface area contributed by atoms with Crippen LogP contribution in [0.4, 0.5) is 10.5 Å². The van der Waals surface area contributed by atoms with Crippen LogP contribution in [0.25, 0.3) is 11.0 Å². The molecule has 3 atom stereocenters. The summed E-state index contributed by atoms with van der Waals surface area (Å²) >= 11 is 0. The number of rotatable bonds is 8. The predicted octanol–water partition coefficient (Wildman–Crippen LogP) is 3.29. The standard InChI is InChI=1S/C24H27N5O4/c1-4-14(2)21(22-25-17-7-5-6-8-18(17)26-22)28-20(30)13-19-23(31)29(24(32)27-19)15-9-11-16(33-3)12-10-15/h5-12,14,19,21H,4,13H2,1-3H3,(H,25,26)(H,27,32)(H,28,30)/t14-,19+,21-/m0/s1. The molecule has 0 saturated carbocycles. The summed E-state index contributed by atoms with van der Waals surface area (Å²) in [6.45, 7) is 4.08. The van der Waals surface area contributed by atoms with Gasteiger partial charge >= 0.3 is 6.03 Å². The highest BCUT2D eigenvalue weighted by Gasteiger charge is 2.40. The summed E-state index contributed by atoms with van der Waals surface area (Å²) in [6, 6.07) is 12.4. The van der Waals surface area contributed by atoms with Crippen molar-refractivity contribution in [2.45, 2.75) is 38.8 Å². The maximum Gasteiger partial charge on any atom is 0.329 e. The van der Waals surface area contributed by atoms with Crippen molar-refractivity contribution in [1.29, 1.82) is 0 Å². The maximum absolute atomic E-state index is 12.9. The number of nitrogens with one attached hydrogen (secondary N) is 3. The van der Waals surface area contributed by atoms with E-state index in [-0.39, 0.29) is 24.3 Å². The lowest BCUT2D eigenvalue weighted by molar-refractivity contribution is -0.126. The summed E-state index contributed by atoms with van der Waals surface area (Å²) in [5.41, 5.74) is 2.13. The number of benzene rings is 2. The summed E-state index contributed by atoms with van der Waals surface area (Å²) < 4.78 is 5.12. The van der Waals surface area contributed by atoms with E-state index in [4.69, 9.17) is 4.74 Å². The largest absolute Gasteiger partial charge is 0.497 e. The second-order valence-corrected chi connectivity index (χ2v) is 8.15. The molecule has 0 spiro atoms. The molecular formula is C24H27N5O4. The number of carbonyl (C=O) groups excluding carboxylic acids is 3. The molecule has 3 N–H and O–H groups in total. The van der Waals surface area contributed by atoms with Crippen LogP contribution < -0.4 is 20.3 Å². The van der Waals surface area contributed by atoms with Crippen molar-refractivity contribution in [3.05, 3.63) is 54.4 Å². The highest BCUT2D eigenvalue weighted by atomic mass is 16.5. The van der Waals surface area contributed by atoms with E-state index >= 15 is 0 Å². The van der Waals surface area contributed by atoms with Crippen molar-refractivity contribution in [2.24, 2.45) is 5.92 Å². The Bertz CT molecular complexity index is 1140. The van der Waals surface area contributed by atoms with Gasteiger partial charge in [-0.3, -0.25) is 9.59 Å². The second kappa shape index (κ2) is 9.32. The van der Waals surface area contributed by atoms with Crippen LogP contribution in [0.1, 0.15) is 38.6 Å². The lowest BCUT2D eigenvalue weighted by atomic mass is 9.98. The van der Waals surface area contributed by atoms with Crippen LogP contribution in [0.3, 0.4) is 0 Å². The number of fused-ring (bicyclic) bond motifs is 1. The van der Waals surface area contributed by atoms with Gasteiger partial charge in [0.2, 0.25) is 5.91 Å². The van der Waals surface area contributed by atoms with E-state index in [2.05, 4.69) is 20.6 Å². The van der Waals surface area contributed by atoms with E-state index in [1.165, 1.54) is 7.11 Å². The van der Waals surface area contributed by atoms with Gasteiger partial charge in [-0.25, -0.2) is 14.7 Å². The number of nitrogens with zero attached hydrogens (tertiary/aromatic N) is 2. The molecule has 9 nitrogen and oxygen atoms in total. The first-order chi connectivity index (χ1) is 15.9. The number of aromatic nitrogens is 2. The minimum Gasteiger partial charge on any atom is -0.497 e. The molecular weight excluding hydrogens is 422 g/mol. The van der Waals surface area contributed by atoms with Crippen molar-refractivity contribution >= 4 is 34.6 Å². The van der Waals surface area contributed by atoms with E-state index in [0.29, 0.717) is 17.3 Å².